The summed E-state index contributed by atoms with van der Waals surface area (Å²) in [7, 11) is -9.91. The van der Waals surface area contributed by atoms with Crippen LogP contribution in [-0.4, -0.2) is 96.7 Å². The molecule has 0 radical (unpaired) electrons. The molecule has 0 bridgehead atoms. The number of unbranched alkanes of at least 4 members (excludes halogenated alkanes) is 42. The molecule has 0 aliphatic rings. The average molecular weight is 1400 g/mol. The summed E-state index contributed by atoms with van der Waals surface area (Å²) in [6, 6.07) is 0. The van der Waals surface area contributed by atoms with Gasteiger partial charge in [-0.25, -0.2) is 9.13 Å². The van der Waals surface area contributed by atoms with Crippen molar-refractivity contribution in [2.45, 2.75) is 407 Å². The number of esters is 4. The number of aliphatic hydroxyl groups is 1. The number of ether oxygens (including phenoxy) is 4. The van der Waals surface area contributed by atoms with Gasteiger partial charge in [-0.05, 0) is 43.4 Å². The molecule has 19 heteroatoms. The molecule has 0 spiro atoms. The van der Waals surface area contributed by atoms with Crippen LogP contribution in [0.1, 0.15) is 389 Å². The fourth-order valence-corrected chi connectivity index (χ4v) is 13.2. The molecule has 0 aromatic heterocycles. The van der Waals surface area contributed by atoms with Crippen molar-refractivity contribution >= 4 is 39.5 Å². The molecule has 17 nitrogen and oxygen atoms in total. The number of hydrogen-bond acceptors (Lipinski definition) is 15. The fraction of sp³-hybridized carbons (Fsp3) is 0.947. The van der Waals surface area contributed by atoms with E-state index in [4.69, 9.17) is 37.0 Å². The molecule has 0 saturated heterocycles. The van der Waals surface area contributed by atoms with E-state index in [-0.39, 0.29) is 25.7 Å². The Balaban J connectivity index is 5.25. The standard InChI is InChI=1S/C76H148O17P2/c1-8-9-10-11-12-13-29-36-43-50-57-73(78)86-63-71(93-76(81)60-53-46-39-32-25-24-28-35-42-49-56-69(6)7)65-90-94(82,83)88-61-70(77)62-89-95(84,85)91-66-72(92-75(80)59-52-45-38-31-23-19-15-17-21-27-34-41-48-55-68(4)5)64-87-74(79)58-51-44-37-30-22-18-14-16-20-26-33-40-47-54-67(2)3/h67-72,77H,8-66H2,1-7H3,(H,82,83)(H,84,85)/t70-,71+,72+/m0/s1. The third kappa shape index (κ3) is 70.3. The van der Waals surface area contributed by atoms with Crippen molar-refractivity contribution < 1.29 is 80.2 Å². The van der Waals surface area contributed by atoms with Gasteiger partial charge in [-0.2, -0.15) is 0 Å². The van der Waals surface area contributed by atoms with Gasteiger partial charge in [0.05, 0.1) is 26.4 Å². The van der Waals surface area contributed by atoms with Crippen LogP contribution in [-0.2, 0) is 65.4 Å². The number of phosphoric acid groups is 2. The molecule has 0 saturated carbocycles. The van der Waals surface area contributed by atoms with Crippen LogP contribution in [0.3, 0.4) is 0 Å². The number of phosphoric ester groups is 2. The van der Waals surface area contributed by atoms with E-state index in [1.165, 1.54) is 199 Å². The smallest absolute Gasteiger partial charge is 0.462 e. The first kappa shape index (κ1) is 93.1. The molecule has 0 aromatic rings. The number of aliphatic hydroxyl groups excluding tert-OH is 1. The summed E-state index contributed by atoms with van der Waals surface area (Å²) in [5.41, 5.74) is 0. The third-order valence-corrected chi connectivity index (χ3v) is 19.5. The first-order valence-electron chi connectivity index (χ1n) is 39.3. The molecule has 5 atom stereocenters. The Bertz CT molecular complexity index is 1850. The average Bonchev–Trinajstić information content (AvgIpc) is 1.79. The van der Waals surface area contributed by atoms with Gasteiger partial charge in [-0.1, -0.05) is 337 Å². The molecule has 0 amide bonds. The van der Waals surface area contributed by atoms with Gasteiger partial charge in [0, 0.05) is 25.7 Å². The van der Waals surface area contributed by atoms with E-state index < -0.39 is 97.5 Å². The number of hydrogen-bond donors (Lipinski definition) is 3. The van der Waals surface area contributed by atoms with E-state index in [1.807, 2.05) is 0 Å². The fourth-order valence-electron chi connectivity index (χ4n) is 11.6. The molecule has 95 heavy (non-hydrogen) atoms. The van der Waals surface area contributed by atoms with Gasteiger partial charge in [0.2, 0.25) is 0 Å². The van der Waals surface area contributed by atoms with Crippen molar-refractivity contribution in [3.8, 4) is 0 Å². The van der Waals surface area contributed by atoms with Crippen molar-refractivity contribution in [1.82, 2.24) is 0 Å². The Kier molecular flexibility index (Phi) is 65.2. The summed E-state index contributed by atoms with van der Waals surface area (Å²) in [5, 5.41) is 10.6. The Morgan fingerprint density at radius 2 is 0.484 bits per heavy atom. The largest absolute Gasteiger partial charge is 0.472 e. The number of rotatable bonds is 74. The highest BCUT2D eigenvalue weighted by atomic mass is 31.2. The SMILES string of the molecule is CCCCCCCCCCCCC(=O)OC[C@H](COP(=O)(O)OC[C@H](O)COP(=O)(O)OC[C@@H](COC(=O)CCCCCCCCCCCCCCCC(C)C)OC(=O)CCCCCCCCCCCCCCCC(C)C)OC(=O)CCCCCCCCCCCCC(C)C. The van der Waals surface area contributed by atoms with Gasteiger partial charge < -0.3 is 33.8 Å². The summed E-state index contributed by atoms with van der Waals surface area (Å²) in [6.07, 6.45) is 52.6. The predicted molar refractivity (Wildman–Crippen MR) is 386 cm³/mol. The van der Waals surface area contributed by atoms with Gasteiger partial charge in [0.15, 0.2) is 12.2 Å². The van der Waals surface area contributed by atoms with Gasteiger partial charge in [-0.15, -0.1) is 0 Å². The zero-order valence-corrected chi connectivity index (χ0v) is 63.9. The van der Waals surface area contributed by atoms with Crippen LogP contribution in [0, 0.1) is 17.8 Å². The number of carbonyl (C=O) groups is 4. The van der Waals surface area contributed by atoms with Crippen molar-refractivity contribution in [3.63, 3.8) is 0 Å². The molecule has 3 N–H and O–H groups in total. The van der Waals surface area contributed by atoms with E-state index >= 15 is 0 Å². The molecular weight excluding hydrogens is 1250 g/mol. The van der Waals surface area contributed by atoms with Gasteiger partial charge in [0.25, 0.3) is 0 Å². The lowest BCUT2D eigenvalue weighted by Crippen LogP contribution is -2.30. The maximum atomic E-state index is 13.1. The van der Waals surface area contributed by atoms with Crippen LogP contribution >= 0.6 is 15.6 Å². The number of carbonyl (C=O) groups excluding carboxylic acids is 4. The molecule has 2 unspecified atom stereocenters. The summed E-state index contributed by atoms with van der Waals surface area (Å²) in [5.74, 6) is 0.213. The Morgan fingerprint density at radius 3 is 0.716 bits per heavy atom. The Labute approximate surface area is 581 Å². The van der Waals surface area contributed by atoms with E-state index in [9.17, 15) is 43.2 Å². The minimum Gasteiger partial charge on any atom is -0.462 e. The van der Waals surface area contributed by atoms with Crippen LogP contribution in [0.15, 0.2) is 0 Å². The van der Waals surface area contributed by atoms with Crippen molar-refractivity contribution in [2.24, 2.45) is 17.8 Å². The van der Waals surface area contributed by atoms with E-state index in [0.29, 0.717) is 25.7 Å². The lowest BCUT2D eigenvalue weighted by Gasteiger charge is -2.21. The van der Waals surface area contributed by atoms with E-state index in [1.54, 1.807) is 0 Å². The normalized spacial score (nSPS) is 14.1. The van der Waals surface area contributed by atoms with Crippen LogP contribution in [0.4, 0.5) is 0 Å². The third-order valence-electron chi connectivity index (χ3n) is 17.6. The van der Waals surface area contributed by atoms with Crippen LogP contribution in [0.25, 0.3) is 0 Å². The van der Waals surface area contributed by atoms with Crippen LogP contribution < -0.4 is 0 Å². The first-order valence-corrected chi connectivity index (χ1v) is 42.3. The van der Waals surface area contributed by atoms with Gasteiger partial charge in [-0.3, -0.25) is 37.3 Å². The molecule has 0 aliphatic heterocycles. The maximum Gasteiger partial charge on any atom is 0.472 e. The maximum absolute atomic E-state index is 13.1. The Hall–Kier alpha value is -1.94. The summed E-state index contributed by atoms with van der Waals surface area (Å²) >= 11 is 0. The summed E-state index contributed by atoms with van der Waals surface area (Å²) in [6.45, 7) is 11.9. The molecular formula is C76H148O17P2. The van der Waals surface area contributed by atoms with Gasteiger partial charge >= 0.3 is 39.5 Å². The second-order valence-corrected chi connectivity index (χ2v) is 31.7. The second kappa shape index (κ2) is 66.6. The Morgan fingerprint density at radius 1 is 0.284 bits per heavy atom. The molecule has 564 valence electrons. The second-order valence-electron chi connectivity index (χ2n) is 28.8. The highest BCUT2D eigenvalue weighted by molar-refractivity contribution is 7.47. The molecule has 0 aromatic carbocycles. The predicted octanol–water partition coefficient (Wildman–Crippen LogP) is 22.2. The lowest BCUT2D eigenvalue weighted by atomic mass is 10.0. The molecule has 0 heterocycles. The highest BCUT2D eigenvalue weighted by Gasteiger charge is 2.30. The van der Waals surface area contributed by atoms with Crippen molar-refractivity contribution in [3.05, 3.63) is 0 Å². The van der Waals surface area contributed by atoms with E-state index in [0.717, 1.165) is 108 Å². The zero-order chi connectivity index (χ0) is 70.1. The highest BCUT2D eigenvalue weighted by Crippen LogP contribution is 2.45. The minimum absolute atomic E-state index is 0.106. The zero-order valence-electron chi connectivity index (χ0n) is 62.1. The van der Waals surface area contributed by atoms with Crippen LogP contribution in [0.2, 0.25) is 0 Å². The summed E-state index contributed by atoms with van der Waals surface area (Å²) < 4.78 is 68.5. The quantitative estimate of drug-likeness (QED) is 0.0222. The first-order chi connectivity index (χ1) is 45.7. The summed E-state index contributed by atoms with van der Waals surface area (Å²) in [4.78, 5) is 72.8. The molecule has 0 rings (SSSR count). The lowest BCUT2D eigenvalue weighted by molar-refractivity contribution is -0.161. The minimum atomic E-state index is -4.96. The van der Waals surface area contributed by atoms with E-state index in [2.05, 4.69) is 48.5 Å². The molecule has 0 aliphatic carbocycles. The monoisotopic (exact) mass is 1400 g/mol. The topological polar surface area (TPSA) is 237 Å². The van der Waals surface area contributed by atoms with Crippen LogP contribution in [0.5, 0.6) is 0 Å². The van der Waals surface area contributed by atoms with Crippen molar-refractivity contribution in [1.29, 1.82) is 0 Å². The van der Waals surface area contributed by atoms with Gasteiger partial charge in [0.1, 0.15) is 19.3 Å². The van der Waals surface area contributed by atoms with Crippen molar-refractivity contribution in [2.75, 3.05) is 39.6 Å². The molecule has 0 fully saturated rings.